The molecule has 0 bridgehead atoms. The van der Waals surface area contributed by atoms with Gasteiger partial charge in [-0.05, 0) is 20.8 Å². The number of halogens is 1. The summed E-state index contributed by atoms with van der Waals surface area (Å²) in [5.41, 5.74) is 0.262. The zero-order valence-corrected chi connectivity index (χ0v) is 8.05. The van der Waals surface area contributed by atoms with Crippen LogP contribution in [-0.2, 0) is 5.54 Å². The molecule has 0 saturated heterocycles. The summed E-state index contributed by atoms with van der Waals surface area (Å²) in [5.74, 6) is 0. The summed E-state index contributed by atoms with van der Waals surface area (Å²) in [4.78, 5) is 0. The Morgan fingerprint density at radius 3 is 2.58 bits per heavy atom. The average molecular weight is 184 g/mol. The van der Waals surface area contributed by atoms with E-state index in [4.69, 9.17) is 16.9 Å². The predicted molar refractivity (Wildman–Crippen MR) is 46.9 cm³/mol. The normalized spacial score (nSPS) is 11.2. The Balaban J connectivity index is 3.14. The van der Waals surface area contributed by atoms with Gasteiger partial charge in [-0.15, -0.1) is 0 Å². The summed E-state index contributed by atoms with van der Waals surface area (Å²) < 4.78 is 1.57. The minimum atomic E-state index is -0.627. The van der Waals surface area contributed by atoms with E-state index in [1.165, 1.54) is 0 Å². The van der Waals surface area contributed by atoms with Crippen molar-refractivity contribution in [3.63, 3.8) is 0 Å². The first-order chi connectivity index (χ1) is 5.47. The molecule has 4 heteroatoms. The van der Waals surface area contributed by atoms with Gasteiger partial charge in [0.25, 0.3) is 0 Å². The van der Waals surface area contributed by atoms with Crippen LogP contribution in [-0.4, -0.2) is 9.78 Å². The lowest BCUT2D eigenvalue weighted by Gasteiger charge is -2.14. The minimum Gasteiger partial charge on any atom is -0.251 e. The number of nitrogens with zero attached hydrogens (tertiary/aromatic N) is 3. The Hall–Kier alpha value is -1.01. The molecule has 1 heterocycles. The van der Waals surface area contributed by atoms with Gasteiger partial charge in [-0.25, -0.2) is 0 Å². The zero-order valence-electron chi connectivity index (χ0n) is 7.30. The summed E-state index contributed by atoms with van der Waals surface area (Å²) in [5, 5.41) is 13.3. The fourth-order valence-electron chi connectivity index (χ4n) is 0.777. The number of aromatic nitrogens is 2. The zero-order chi connectivity index (χ0) is 9.35. The molecule has 12 heavy (non-hydrogen) atoms. The Labute approximate surface area is 76.6 Å². The smallest absolute Gasteiger partial charge is 0.154 e. The fraction of sp³-hybridized carbons (Fsp3) is 0.500. The molecular weight excluding hydrogens is 174 g/mol. The molecule has 1 rings (SSSR count). The summed E-state index contributed by atoms with van der Waals surface area (Å²) >= 11 is 5.75. The first kappa shape index (κ1) is 9.08. The van der Waals surface area contributed by atoms with Crippen molar-refractivity contribution >= 4 is 11.6 Å². The Morgan fingerprint density at radius 2 is 2.25 bits per heavy atom. The predicted octanol–water partition coefficient (Wildman–Crippen LogP) is 2.10. The molecule has 0 fully saturated rings. The highest BCUT2D eigenvalue weighted by Crippen LogP contribution is 2.18. The standard InChI is InChI=1S/C8H10ClN3/c1-6-4-12(11-7(6)9)8(2,3)5-10/h4H,1-3H3. The van der Waals surface area contributed by atoms with E-state index in [0.29, 0.717) is 5.15 Å². The van der Waals surface area contributed by atoms with Crippen LogP contribution in [0.3, 0.4) is 0 Å². The van der Waals surface area contributed by atoms with Crippen molar-refractivity contribution < 1.29 is 0 Å². The molecule has 0 saturated carbocycles. The number of rotatable bonds is 1. The fourth-order valence-corrected chi connectivity index (χ4v) is 0.907. The Morgan fingerprint density at radius 1 is 1.67 bits per heavy atom. The maximum Gasteiger partial charge on any atom is 0.154 e. The highest BCUT2D eigenvalue weighted by Gasteiger charge is 2.20. The highest BCUT2D eigenvalue weighted by molar-refractivity contribution is 6.30. The number of hydrogen-bond acceptors (Lipinski definition) is 2. The van der Waals surface area contributed by atoms with Crippen LogP contribution >= 0.6 is 11.6 Å². The van der Waals surface area contributed by atoms with Crippen LogP contribution in [0.5, 0.6) is 0 Å². The molecule has 0 aliphatic rings. The van der Waals surface area contributed by atoms with E-state index in [2.05, 4.69) is 11.2 Å². The van der Waals surface area contributed by atoms with Gasteiger partial charge in [-0.3, -0.25) is 4.68 Å². The molecule has 0 spiro atoms. The van der Waals surface area contributed by atoms with Crippen LogP contribution in [0.1, 0.15) is 19.4 Å². The lowest BCUT2D eigenvalue weighted by Crippen LogP contribution is -2.24. The van der Waals surface area contributed by atoms with Crippen molar-refractivity contribution in [2.24, 2.45) is 0 Å². The van der Waals surface area contributed by atoms with E-state index >= 15 is 0 Å². The van der Waals surface area contributed by atoms with Gasteiger partial charge in [0.1, 0.15) is 5.54 Å². The second kappa shape index (κ2) is 2.80. The van der Waals surface area contributed by atoms with Gasteiger partial charge in [0.15, 0.2) is 5.15 Å². The molecule has 0 amide bonds. The van der Waals surface area contributed by atoms with Crippen molar-refractivity contribution in [1.82, 2.24) is 9.78 Å². The maximum absolute atomic E-state index is 8.79. The molecule has 0 N–H and O–H groups in total. The van der Waals surface area contributed by atoms with E-state index in [1.54, 1.807) is 24.7 Å². The molecule has 0 aromatic carbocycles. The molecule has 1 aromatic heterocycles. The van der Waals surface area contributed by atoms with Gasteiger partial charge >= 0.3 is 0 Å². The molecule has 0 atom stereocenters. The molecule has 64 valence electrons. The molecule has 3 nitrogen and oxygen atoms in total. The van der Waals surface area contributed by atoms with Crippen molar-refractivity contribution in [2.45, 2.75) is 26.3 Å². The monoisotopic (exact) mass is 183 g/mol. The molecular formula is C8H10ClN3. The van der Waals surface area contributed by atoms with Gasteiger partial charge in [-0.2, -0.15) is 10.4 Å². The summed E-state index contributed by atoms with van der Waals surface area (Å²) in [6.07, 6.45) is 1.77. The van der Waals surface area contributed by atoms with Gasteiger partial charge in [-0.1, -0.05) is 11.6 Å². The summed E-state index contributed by atoms with van der Waals surface area (Å²) in [6, 6.07) is 2.14. The van der Waals surface area contributed by atoms with E-state index in [-0.39, 0.29) is 0 Å². The van der Waals surface area contributed by atoms with Crippen LogP contribution in [0.25, 0.3) is 0 Å². The van der Waals surface area contributed by atoms with E-state index in [9.17, 15) is 0 Å². The van der Waals surface area contributed by atoms with E-state index in [1.807, 2.05) is 6.92 Å². The lowest BCUT2D eigenvalue weighted by atomic mass is 10.1. The quantitative estimate of drug-likeness (QED) is 0.669. The van der Waals surface area contributed by atoms with Gasteiger partial charge in [0.05, 0.1) is 6.07 Å². The second-order valence-electron chi connectivity index (χ2n) is 3.22. The molecule has 0 radical (unpaired) electrons. The van der Waals surface area contributed by atoms with E-state index in [0.717, 1.165) is 5.56 Å². The lowest BCUT2D eigenvalue weighted by molar-refractivity contribution is 0.418. The molecule has 0 unspecified atom stereocenters. The molecule has 0 aliphatic heterocycles. The van der Waals surface area contributed by atoms with E-state index < -0.39 is 5.54 Å². The molecule has 0 aliphatic carbocycles. The van der Waals surface area contributed by atoms with Crippen LogP contribution < -0.4 is 0 Å². The van der Waals surface area contributed by atoms with Crippen LogP contribution in [0.15, 0.2) is 6.20 Å². The highest BCUT2D eigenvalue weighted by atomic mass is 35.5. The first-order valence-corrected chi connectivity index (χ1v) is 3.98. The number of aryl methyl sites for hydroxylation is 1. The number of hydrogen-bond donors (Lipinski definition) is 0. The van der Waals surface area contributed by atoms with Crippen LogP contribution in [0.2, 0.25) is 5.15 Å². The third-order valence-electron chi connectivity index (χ3n) is 1.68. The third-order valence-corrected chi connectivity index (χ3v) is 2.06. The van der Waals surface area contributed by atoms with Gasteiger partial charge < -0.3 is 0 Å². The third kappa shape index (κ3) is 1.44. The SMILES string of the molecule is Cc1cn(C(C)(C)C#N)nc1Cl. The Kier molecular flexibility index (Phi) is 2.12. The second-order valence-corrected chi connectivity index (χ2v) is 3.58. The van der Waals surface area contributed by atoms with Crippen LogP contribution in [0.4, 0.5) is 0 Å². The van der Waals surface area contributed by atoms with Gasteiger partial charge in [0.2, 0.25) is 0 Å². The largest absolute Gasteiger partial charge is 0.251 e. The summed E-state index contributed by atoms with van der Waals surface area (Å²) in [7, 11) is 0. The van der Waals surface area contributed by atoms with Crippen molar-refractivity contribution in [3.05, 3.63) is 16.9 Å². The van der Waals surface area contributed by atoms with Crippen LogP contribution in [0, 0.1) is 18.3 Å². The van der Waals surface area contributed by atoms with Crippen molar-refractivity contribution in [2.75, 3.05) is 0 Å². The first-order valence-electron chi connectivity index (χ1n) is 3.61. The Bertz CT molecular complexity index is 313. The number of nitriles is 1. The summed E-state index contributed by atoms with van der Waals surface area (Å²) in [6.45, 7) is 5.44. The maximum atomic E-state index is 8.79. The topological polar surface area (TPSA) is 41.6 Å². The van der Waals surface area contributed by atoms with Gasteiger partial charge in [0, 0.05) is 11.8 Å². The molecule has 1 aromatic rings. The van der Waals surface area contributed by atoms with Crippen molar-refractivity contribution in [1.29, 1.82) is 5.26 Å². The minimum absolute atomic E-state index is 0.457. The average Bonchev–Trinajstić information content (AvgIpc) is 2.33. The van der Waals surface area contributed by atoms with Crippen molar-refractivity contribution in [3.8, 4) is 6.07 Å².